The Balaban J connectivity index is 1.81. The number of halogens is 3. The van der Waals surface area contributed by atoms with Gasteiger partial charge < -0.3 is 0 Å². The molecule has 1 aliphatic heterocycles. The molecule has 5 nitrogen and oxygen atoms in total. The SMILES string of the molecule is CNN1C(=O)CC(c2cccc(-c3ccnc(C)c3)c2)=Nc2ccc(C(F)(F)F)cc21. The zero-order valence-electron chi connectivity index (χ0n) is 16.9. The van der Waals surface area contributed by atoms with E-state index in [1.165, 1.54) is 13.1 Å². The number of aliphatic imine (C=N–C) groups is 1. The van der Waals surface area contributed by atoms with Crippen LogP contribution < -0.4 is 10.4 Å². The van der Waals surface area contributed by atoms with E-state index >= 15 is 0 Å². The second kappa shape index (κ2) is 7.96. The minimum Gasteiger partial charge on any atom is -0.273 e. The van der Waals surface area contributed by atoms with E-state index in [1.807, 2.05) is 43.3 Å². The number of hydrogen-bond acceptors (Lipinski definition) is 4. The first-order chi connectivity index (χ1) is 14.8. The van der Waals surface area contributed by atoms with E-state index in [0.29, 0.717) is 5.71 Å². The summed E-state index contributed by atoms with van der Waals surface area (Å²) in [5.41, 5.74) is 6.19. The Labute approximate surface area is 177 Å². The first-order valence-corrected chi connectivity index (χ1v) is 9.59. The predicted molar refractivity (Wildman–Crippen MR) is 113 cm³/mol. The molecule has 158 valence electrons. The maximum absolute atomic E-state index is 13.2. The van der Waals surface area contributed by atoms with Gasteiger partial charge in [0.05, 0.1) is 29.1 Å². The number of carbonyl (C=O) groups is 1. The highest BCUT2D eigenvalue weighted by atomic mass is 19.4. The van der Waals surface area contributed by atoms with Crippen LogP contribution in [-0.2, 0) is 11.0 Å². The van der Waals surface area contributed by atoms with Gasteiger partial charge in [-0.1, -0.05) is 18.2 Å². The number of nitrogens with one attached hydrogen (secondary N) is 1. The molecule has 8 heteroatoms. The third-order valence-corrected chi connectivity index (χ3v) is 5.02. The fraction of sp³-hybridized carbons (Fsp3) is 0.174. The third-order valence-electron chi connectivity index (χ3n) is 5.02. The molecule has 4 rings (SSSR count). The molecular formula is C23H19F3N4O. The lowest BCUT2D eigenvalue weighted by Gasteiger charge is -2.21. The molecular weight excluding hydrogens is 405 g/mol. The van der Waals surface area contributed by atoms with Crippen molar-refractivity contribution in [1.29, 1.82) is 0 Å². The first-order valence-electron chi connectivity index (χ1n) is 9.59. The summed E-state index contributed by atoms with van der Waals surface area (Å²) in [6, 6.07) is 14.6. The van der Waals surface area contributed by atoms with Crippen molar-refractivity contribution >= 4 is 23.0 Å². The Morgan fingerprint density at radius 2 is 1.74 bits per heavy atom. The quantitative estimate of drug-likeness (QED) is 0.639. The highest BCUT2D eigenvalue weighted by molar-refractivity contribution is 6.17. The minimum atomic E-state index is -4.52. The molecule has 1 N–H and O–H groups in total. The number of amides is 1. The molecule has 3 aromatic rings. The standard InChI is InChI=1S/C23H19F3N4O/c1-14-10-16(8-9-28-14)15-4-3-5-17(11-15)20-13-22(31)30(27-2)21-12-18(23(24,25)26)6-7-19(21)29-20/h3-12,27H,13H2,1-2H3. The van der Waals surface area contributed by atoms with E-state index in [4.69, 9.17) is 0 Å². The van der Waals surface area contributed by atoms with Gasteiger partial charge in [0.15, 0.2) is 0 Å². The van der Waals surface area contributed by atoms with E-state index < -0.39 is 17.6 Å². The van der Waals surface area contributed by atoms with Crippen LogP contribution in [0.15, 0.2) is 65.8 Å². The fourth-order valence-corrected chi connectivity index (χ4v) is 3.53. The van der Waals surface area contributed by atoms with Crippen LogP contribution in [0.1, 0.15) is 23.2 Å². The van der Waals surface area contributed by atoms with Gasteiger partial charge >= 0.3 is 6.18 Å². The van der Waals surface area contributed by atoms with Gasteiger partial charge in [0, 0.05) is 18.9 Å². The Bertz CT molecular complexity index is 1190. The Morgan fingerprint density at radius 1 is 1.00 bits per heavy atom. The summed E-state index contributed by atoms with van der Waals surface area (Å²) in [6.07, 6.45) is -2.85. The number of aryl methyl sites for hydroxylation is 1. The summed E-state index contributed by atoms with van der Waals surface area (Å²) >= 11 is 0. The number of aromatic nitrogens is 1. The molecule has 0 unspecified atom stereocenters. The number of nitrogens with zero attached hydrogens (tertiary/aromatic N) is 3. The second-order valence-corrected chi connectivity index (χ2v) is 7.16. The summed E-state index contributed by atoms with van der Waals surface area (Å²) < 4.78 is 39.6. The van der Waals surface area contributed by atoms with Crippen LogP contribution in [0.25, 0.3) is 11.1 Å². The van der Waals surface area contributed by atoms with Crippen molar-refractivity contribution in [2.45, 2.75) is 19.5 Å². The van der Waals surface area contributed by atoms with Crippen molar-refractivity contribution in [2.24, 2.45) is 4.99 Å². The van der Waals surface area contributed by atoms with E-state index in [9.17, 15) is 18.0 Å². The van der Waals surface area contributed by atoms with Crippen LogP contribution >= 0.6 is 0 Å². The largest absolute Gasteiger partial charge is 0.416 e. The van der Waals surface area contributed by atoms with Crippen molar-refractivity contribution in [3.8, 4) is 11.1 Å². The van der Waals surface area contributed by atoms with Crippen LogP contribution in [0.4, 0.5) is 24.5 Å². The van der Waals surface area contributed by atoms with Crippen LogP contribution in [0, 0.1) is 6.92 Å². The number of anilines is 1. The molecule has 0 fully saturated rings. The maximum atomic E-state index is 13.2. The van der Waals surface area contributed by atoms with Gasteiger partial charge in [-0.25, -0.2) is 10.4 Å². The topological polar surface area (TPSA) is 57.6 Å². The lowest BCUT2D eigenvalue weighted by molar-refractivity contribution is -0.137. The van der Waals surface area contributed by atoms with Crippen LogP contribution in [-0.4, -0.2) is 23.7 Å². The summed E-state index contributed by atoms with van der Waals surface area (Å²) in [6.45, 7) is 1.90. The second-order valence-electron chi connectivity index (χ2n) is 7.16. The van der Waals surface area contributed by atoms with Gasteiger partial charge in [-0.15, -0.1) is 0 Å². The molecule has 0 bridgehead atoms. The van der Waals surface area contributed by atoms with Crippen LogP contribution in [0.3, 0.4) is 0 Å². The number of hydrazine groups is 1. The lowest BCUT2D eigenvalue weighted by Crippen LogP contribution is -2.41. The number of fused-ring (bicyclic) bond motifs is 1. The third kappa shape index (κ3) is 4.20. The molecule has 0 atom stereocenters. The van der Waals surface area contributed by atoms with Crippen LogP contribution in [0.5, 0.6) is 0 Å². The van der Waals surface area contributed by atoms with Crippen molar-refractivity contribution in [1.82, 2.24) is 10.4 Å². The van der Waals surface area contributed by atoms with Gasteiger partial charge in [0.1, 0.15) is 0 Å². The number of benzene rings is 2. The number of carbonyl (C=O) groups excluding carboxylic acids is 1. The summed E-state index contributed by atoms with van der Waals surface area (Å²) in [5, 5.41) is 1.11. The maximum Gasteiger partial charge on any atom is 0.416 e. The van der Waals surface area contributed by atoms with Crippen molar-refractivity contribution in [3.63, 3.8) is 0 Å². The summed E-state index contributed by atoms with van der Waals surface area (Å²) in [5.74, 6) is -0.399. The Kier molecular flexibility index (Phi) is 5.32. The molecule has 1 aromatic heterocycles. The van der Waals surface area contributed by atoms with E-state index in [1.54, 1.807) is 6.20 Å². The van der Waals surface area contributed by atoms with Crippen molar-refractivity contribution in [2.75, 3.05) is 12.1 Å². The molecule has 0 saturated carbocycles. The summed E-state index contributed by atoms with van der Waals surface area (Å²) in [7, 11) is 1.49. The Hall–Kier alpha value is -3.52. The molecule has 31 heavy (non-hydrogen) atoms. The van der Waals surface area contributed by atoms with Crippen molar-refractivity contribution < 1.29 is 18.0 Å². The zero-order valence-corrected chi connectivity index (χ0v) is 16.9. The minimum absolute atomic E-state index is 0.0598. The zero-order chi connectivity index (χ0) is 22.2. The van der Waals surface area contributed by atoms with Crippen molar-refractivity contribution in [3.05, 3.63) is 77.6 Å². The van der Waals surface area contributed by atoms with Gasteiger partial charge in [0.2, 0.25) is 5.91 Å². The molecule has 0 aliphatic carbocycles. The first kappa shape index (κ1) is 20.7. The van der Waals surface area contributed by atoms with Gasteiger partial charge in [-0.2, -0.15) is 13.2 Å². The van der Waals surface area contributed by atoms with E-state index in [-0.39, 0.29) is 17.8 Å². The van der Waals surface area contributed by atoms with Gasteiger partial charge in [-0.05, 0) is 60.0 Å². The van der Waals surface area contributed by atoms with E-state index in [2.05, 4.69) is 15.4 Å². The number of rotatable bonds is 3. The molecule has 1 aliphatic rings. The number of pyridine rings is 1. The average molecular weight is 424 g/mol. The number of alkyl halides is 3. The fourth-order valence-electron chi connectivity index (χ4n) is 3.53. The van der Waals surface area contributed by atoms with Crippen LogP contribution in [0.2, 0.25) is 0 Å². The molecule has 0 spiro atoms. The van der Waals surface area contributed by atoms with E-state index in [0.717, 1.165) is 39.5 Å². The smallest absolute Gasteiger partial charge is 0.273 e. The molecule has 2 aromatic carbocycles. The predicted octanol–water partition coefficient (Wildman–Crippen LogP) is 5.07. The molecule has 0 saturated heterocycles. The highest BCUT2D eigenvalue weighted by Crippen LogP contribution is 2.38. The van der Waals surface area contributed by atoms with Gasteiger partial charge in [-0.3, -0.25) is 14.8 Å². The number of hydrogen-bond donors (Lipinski definition) is 1. The Morgan fingerprint density at radius 3 is 2.45 bits per heavy atom. The van der Waals surface area contributed by atoms with Gasteiger partial charge in [0.25, 0.3) is 0 Å². The normalized spacial score (nSPS) is 14.2. The molecule has 1 amide bonds. The highest BCUT2D eigenvalue weighted by Gasteiger charge is 2.33. The lowest BCUT2D eigenvalue weighted by atomic mass is 10.00. The summed E-state index contributed by atoms with van der Waals surface area (Å²) in [4.78, 5) is 21.6. The molecule has 2 heterocycles. The monoisotopic (exact) mass is 424 g/mol. The molecule has 0 radical (unpaired) electrons. The average Bonchev–Trinajstić information content (AvgIpc) is 2.88.